The molecule has 0 radical (unpaired) electrons. The van der Waals surface area contributed by atoms with Gasteiger partial charge < -0.3 is 10.2 Å². The van der Waals surface area contributed by atoms with E-state index in [-0.39, 0.29) is 12.7 Å². The molecule has 0 aromatic heterocycles. The van der Waals surface area contributed by atoms with Crippen molar-refractivity contribution in [2.75, 3.05) is 6.61 Å². The van der Waals surface area contributed by atoms with E-state index in [1.54, 1.807) is 0 Å². The lowest BCUT2D eigenvalue weighted by Crippen LogP contribution is -2.26. The van der Waals surface area contributed by atoms with Crippen LogP contribution in [0.25, 0.3) is 0 Å². The van der Waals surface area contributed by atoms with Crippen molar-refractivity contribution in [3.05, 3.63) is 0 Å². The van der Waals surface area contributed by atoms with Crippen LogP contribution in [0, 0.1) is 11.8 Å². The lowest BCUT2D eigenvalue weighted by molar-refractivity contribution is 0.0481. The minimum atomic E-state index is -0.163. The lowest BCUT2D eigenvalue weighted by Gasteiger charge is -2.26. The third-order valence-electron chi connectivity index (χ3n) is 3.22. The van der Waals surface area contributed by atoms with E-state index in [1.165, 1.54) is 0 Å². The molecule has 86 valence electrons. The first-order valence-corrected chi connectivity index (χ1v) is 5.96. The smallest absolute Gasteiger partial charge is 0.0593 e. The largest absolute Gasteiger partial charge is 0.396 e. The first kappa shape index (κ1) is 13.9. The van der Waals surface area contributed by atoms with E-state index in [0.29, 0.717) is 11.8 Å². The van der Waals surface area contributed by atoms with Gasteiger partial charge in [-0.25, -0.2) is 0 Å². The molecule has 0 aliphatic carbocycles. The van der Waals surface area contributed by atoms with Gasteiger partial charge in [-0.3, -0.25) is 0 Å². The Labute approximate surface area is 88.3 Å². The van der Waals surface area contributed by atoms with Crippen LogP contribution in [0.15, 0.2) is 0 Å². The fourth-order valence-electron chi connectivity index (χ4n) is 1.84. The van der Waals surface area contributed by atoms with Gasteiger partial charge in [-0.2, -0.15) is 0 Å². The Bertz CT molecular complexity index is 125. The minimum absolute atomic E-state index is 0.163. The predicted octanol–water partition coefficient (Wildman–Crippen LogP) is 2.58. The molecule has 0 amide bonds. The molecule has 3 unspecified atom stereocenters. The van der Waals surface area contributed by atoms with Crippen LogP contribution in [0.1, 0.15) is 52.9 Å². The SMILES string of the molecule is CCC(C)C(O)C(CC)CCCCO. The molecule has 2 N–H and O–H groups in total. The number of hydrogen-bond donors (Lipinski definition) is 2. The van der Waals surface area contributed by atoms with Crippen LogP contribution in [0.2, 0.25) is 0 Å². The molecule has 0 heterocycles. The van der Waals surface area contributed by atoms with E-state index < -0.39 is 0 Å². The summed E-state index contributed by atoms with van der Waals surface area (Å²) in [6.45, 7) is 6.64. The maximum absolute atomic E-state index is 10.0. The standard InChI is InChI=1S/C12H26O2/c1-4-10(3)12(14)11(5-2)8-6-7-9-13/h10-14H,4-9H2,1-3H3. The maximum atomic E-state index is 10.0. The van der Waals surface area contributed by atoms with Gasteiger partial charge in [0.05, 0.1) is 6.10 Å². The summed E-state index contributed by atoms with van der Waals surface area (Å²) < 4.78 is 0. The van der Waals surface area contributed by atoms with Crippen molar-refractivity contribution in [2.45, 2.75) is 59.0 Å². The highest BCUT2D eigenvalue weighted by Gasteiger charge is 2.21. The molecule has 0 fully saturated rings. The summed E-state index contributed by atoms with van der Waals surface area (Å²) in [5.74, 6) is 0.811. The number of aliphatic hydroxyl groups excluding tert-OH is 2. The molecule has 0 saturated heterocycles. The minimum Gasteiger partial charge on any atom is -0.396 e. The van der Waals surface area contributed by atoms with Crippen LogP contribution in [-0.4, -0.2) is 22.9 Å². The van der Waals surface area contributed by atoms with Crippen LogP contribution in [0.5, 0.6) is 0 Å². The second kappa shape index (κ2) is 8.25. The van der Waals surface area contributed by atoms with E-state index in [1.807, 2.05) is 0 Å². The number of unbranched alkanes of at least 4 members (excludes halogenated alkanes) is 1. The molecule has 0 aromatic carbocycles. The monoisotopic (exact) mass is 202 g/mol. The second-order valence-corrected chi connectivity index (χ2v) is 4.26. The lowest BCUT2D eigenvalue weighted by atomic mass is 9.85. The molecule has 14 heavy (non-hydrogen) atoms. The summed E-state index contributed by atoms with van der Waals surface area (Å²) in [5, 5.41) is 18.7. The van der Waals surface area contributed by atoms with Crippen molar-refractivity contribution in [3.8, 4) is 0 Å². The summed E-state index contributed by atoms with van der Waals surface area (Å²) in [6, 6.07) is 0. The van der Waals surface area contributed by atoms with Gasteiger partial charge in [0, 0.05) is 6.61 Å². The van der Waals surface area contributed by atoms with Gasteiger partial charge in [-0.1, -0.05) is 40.0 Å². The van der Waals surface area contributed by atoms with Crippen molar-refractivity contribution in [1.82, 2.24) is 0 Å². The fourth-order valence-corrected chi connectivity index (χ4v) is 1.84. The zero-order chi connectivity index (χ0) is 11.0. The van der Waals surface area contributed by atoms with Crippen LogP contribution in [0.4, 0.5) is 0 Å². The van der Waals surface area contributed by atoms with Crippen molar-refractivity contribution in [1.29, 1.82) is 0 Å². The van der Waals surface area contributed by atoms with E-state index in [2.05, 4.69) is 20.8 Å². The first-order valence-electron chi connectivity index (χ1n) is 5.96. The molecule has 0 bridgehead atoms. The van der Waals surface area contributed by atoms with Crippen molar-refractivity contribution in [3.63, 3.8) is 0 Å². The van der Waals surface area contributed by atoms with Crippen LogP contribution in [0.3, 0.4) is 0 Å². The summed E-state index contributed by atoms with van der Waals surface area (Å²) in [5.41, 5.74) is 0. The Morgan fingerprint density at radius 1 is 1.07 bits per heavy atom. The predicted molar refractivity (Wildman–Crippen MR) is 60.2 cm³/mol. The Hall–Kier alpha value is -0.0800. The molecule has 0 saturated carbocycles. The normalized spacial score (nSPS) is 17.8. The Morgan fingerprint density at radius 2 is 1.71 bits per heavy atom. The molecular formula is C12H26O2. The second-order valence-electron chi connectivity index (χ2n) is 4.26. The van der Waals surface area contributed by atoms with Gasteiger partial charge in [-0.05, 0) is 24.7 Å². The van der Waals surface area contributed by atoms with Gasteiger partial charge in [0.1, 0.15) is 0 Å². The van der Waals surface area contributed by atoms with Gasteiger partial charge in [0.2, 0.25) is 0 Å². The molecule has 0 aliphatic rings. The molecule has 0 spiro atoms. The highest BCUT2D eigenvalue weighted by Crippen LogP contribution is 2.23. The molecule has 2 nitrogen and oxygen atoms in total. The Kier molecular flexibility index (Phi) is 8.20. The Morgan fingerprint density at radius 3 is 2.14 bits per heavy atom. The van der Waals surface area contributed by atoms with E-state index in [9.17, 15) is 5.11 Å². The maximum Gasteiger partial charge on any atom is 0.0593 e. The molecular weight excluding hydrogens is 176 g/mol. The molecule has 2 heteroatoms. The number of hydrogen-bond acceptors (Lipinski definition) is 2. The third kappa shape index (κ3) is 4.97. The number of aliphatic hydroxyl groups is 2. The van der Waals surface area contributed by atoms with Crippen molar-refractivity contribution >= 4 is 0 Å². The van der Waals surface area contributed by atoms with Crippen LogP contribution >= 0.6 is 0 Å². The third-order valence-corrected chi connectivity index (χ3v) is 3.22. The van der Waals surface area contributed by atoms with E-state index >= 15 is 0 Å². The van der Waals surface area contributed by atoms with Gasteiger partial charge in [-0.15, -0.1) is 0 Å². The highest BCUT2D eigenvalue weighted by molar-refractivity contribution is 4.72. The summed E-state index contributed by atoms with van der Waals surface area (Å²) >= 11 is 0. The van der Waals surface area contributed by atoms with Gasteiger partial charge >= 0.3 is 0 Å². The molecule has 0 rings (SSSR count). The summed E-state index contributed by atoms with van der Waals surface area (Å²) in [7, 11) is 0. The average molecular weight is 202 g/mol. The summed E-state index contributed by atoms with van der Waals surface area (Å²) in [6.07, 6.45) is 4.85. The average Bonchev–Trinajstić information content (AvgIpc) is 2.22. The molecule has 0 aromatic rings. The summed E-state index contributed by atoms with van der Waals surface area (Å²) in [4.78, 5) is 0. The van der Waals surface area contributed by atoms with Crippen LogP contribution in [-0.2, 0) is 0 Å². The van der Waals surface area contributed by atoms with Gasteiger partial charge in [0.25, 0.3) is 0 Å². The number of rotatable bonds is 8. The highest BCUT2D eigenvalue weighted by atomic mass is 16.3. The quantitative estimate of drug-likeness (QED) is 0.594. The van der Waals surface area contributed by atoms with Gasteiger partial charge in [0.15, 0.2) is 0 Å². The fraction of sp³-hybridized carbons (Fsp3) is 1.00. The molecule has 0 aliphatic heterocycles. The van der Waals surface area contributed by atoms with Crippen molar-refractivity contribution < 1.29 is 10.2 Å². The Balaban J connectivity index is 3.85. The zero-order valence-electron chi connectivity index (χ0n) is 9.87. The zero-order valence-corrected chi connectivity index (χ0v) is 9.87. The van der Waals surface area contributed by atoms with Crippen molar-refractivity contribution in [2.24, 2.45) is 11.8 Å². The van der Waals surface area contributed by atoms with E-state index in [4.69, 9.17) is 5.11 Å². The van der Waals surface area contributed by atoms with E-state index in [0.717, 1.165) is 32.1 Å². The van der Waals surface area contributed by atoms with Crippen LogP contribution < -0.4 is 0 Å². The first-order chi connectivity index (χ1) is 6.67. The molecule has 3 atom stereocenters. The topological polar surface area (TPSA) is 40.5 Å².